The minimum Gasteiger partial charge on any atom is -0.357 e. The van der Waals surface area contributed by atoms with Crippen molar-refractivity contribution < 1.29 is 4.79 Å². The minimum atomic E-state index is -0.0525. The van der Waals surface area contributed by atoms with E-state index in [9.17, 15) is 9.59 Å². The molecular formula is C23H25ClN4O2. The molecule has 0 radical (unpaired) electrons. The monoisotopic (exact) mass is 424 g/mol. The number of nitrogens with one attached hydrogen (secondary N) is 1. The largest absolute Gasteiger partial charge is 0.357 e. The van der Waals surface area contributed by atoms with Gasteiger partial charge in [-0.25, -0.2) is 4.68 Å². The van der Waals surface area contributed by atoms with E-state index in [1.165, 1.54) is 0 Å². The predicted molar refractivity (Wildman–Crippen MR) is 119 cm³/mol. The maximum absolute atomic E-state index is 13.1. The molecule has 1 aliphatic heterocycles. The summed E-state index contributed by atoms with van der Waals surface area (Å²) in [5.41, 5.74) is 1.94. The zero-order chi connectivity index (χ0) is 20.9. The van der Waals surface area contributed by atoms with E-state index in [0.717, 1.165) is 49.0 Å². The van der Waals surface area contributed by atoms with Crippen molar-refractivity contribution >= 4 is 28.8 Å². The molecule has 30 heavy (non-hydrogen) atoms. The molecule has 1 unspecified atom stereocenters. The van der Waals surface area contributed by atoms with Crippen molar-refractivity contribution in [3.8, 4) is 0 Å². The van der Waals surface area contributed by atoms with Gasteiger partial charge in [-0.3, -0.25) is 14.5 Å². The summed E-state index contributed by atoms with van der Waals surface area (Å²) in [4.78, 5) is 26.0. The van der Waals surface area contributed by atoms with E-state index in [0.29, 0.717) is 29.9 Å². The Labute approximate surface area is 180 Å². The molecule has 1 saturated heterocycles. The molecule has 3 aromatic rings. The molecule has 0 aliphatic carbocycles. The van der Waals surface area contributed by atoms with Crippen molar-refractivity contribution in [2.24, 2.45) is 0 Å². The number of carbonyl (C=O) groups is 1. The van der Waals surface area contributed by atoms with Crippen LogP contribution in [-0.4, -0.2) is 46.8 Å². The third kappa shape index (κ3) is 4.55. The summed E-state index contributed by atoms with van der Waals surface area (Å²) >= 11 is 6.02. The van der Waals surface area contributed by atoms with Crippen molar-refractivity contribution in [1.82, 2.24) is 20.0 Å². The lowest BCUT2D eigenvalue weighted by Gasteiger charge is -2.24. The highest BCUT2D eigenvalue weighted by Crippen LogP contribution is 2.21. The highest BCUT2D eigenvalue weighted by atomic mass is 35.5. The second-order valence-corrected chi connectivity index (χ2v) is 8.12. The molecular weight excluding hydrogens is 400 g/mol. The Kier molecular flexibility index (Phi) is 6.45. The highest BCUT2D eigenvalue weighted by Gasteiger charge is 2.25. The number of aromatic nitrogens is 2. The van der Waals surface area contributed by atoms with Crippen LogP contribution in [0.15, 0.2) is 53.3 Å². The van der Waals surface area contributed by atoms with E-state index in [4.69, 9.17) is 16.7 Å². The van der Waals surface area contributed by atoms with Gasteiger partial charge >= 0.3 is 0 Å². The number of benzene rings is 2. The minimum absolute atomic E-state index is 0.0525. The van der Waals surface area contributed by atoms with Crippen LogP contribution in [0, 0.1) is 0 Å². The van der Waals surface area contributed by atoms with Crippen LogP contribution in [0.1, 0.15) is 24.1 Å². The normalized spacial score (nSPS) is 16.8. The van der Waals surface area contributed by atoms with Gasteiger partial charge in [0.05, 0.1) is 17.6 Å². The third-order valence-electron chi connectivity index (χ3n) is 5.74. The first-order valence-electron chi connectivity index (χ1n) is 10.3. The van der Waals surface area contributed by atoms with E-state index in [-0.39, 0.29) is 11.6 Å². The lowest BCUT2D eigenvalue weighted by atomic mass is 10.0. The van der Waals surface area contributed by atoms with Gasteiger partial charge in [-0.2, -0.15) is 5.10 Å². The third-order valence-corrected chi connectivity index (χ3v) is 5.99. The van der Waals surface area contributed by atoms with Gasteiger partial charge in [-0.15, -0.1) is 0 Å². The van der Waals surface area contributed by atoms with E-state index >= 15 is 0 Å². The van der Waals surface area contributed by atoms with Crippen molar-refractivity contribution in [3.63, 3.8) is 0 Å². The SMILES string of the molecule is O=CNCCN1CCCC1Cn1nc(Cc2ccc(Cl)cc2)c2ccccc2c1=O. The van der Waals surface area contributed by atoms with Crippen LogP contribution in [0.3, 0.4) is 0 Å². The Morgan fingerprint density at radius 1 is 1.13 bits per heavy atom. The molecule has 7 heteroatoms. The predicted octanol–water partition coefficient (Wildman–Crippen LogP) is 2.85. The summed E-state index contributed by atoms with van der Waals surface area (Å²) in [5.74, 6) is 0. The van der Waals surface area contributed by atoms with Crippen molar-refractivity contribution in [2.45, 2.75) is 31.8 Å². The van der Waals surface area contributed by atoms with Gasteiger partial charge < -0.3 is 5.32 Å². The molecule has 2 aromatic carbocycles. The Bertz CT molecular complexity index is 1080. The standard InChI is InChI=1S/C23H25ClN4O2/c24-18-9-7-17(8-10-18)14-22-20-5-1-2-6-21(20)23(30)28(26-22)15-19-4-3-12-27(19)13-11-25-16-29/h1-2,5-10,16,19H,3-4,11-15H2,(H,25,29). The fourth-order valence-electron chi connectivity index (χ4n) is 4.22. The van der Waals surface area contributed by atoms with Crippen molar-refractivity contribution in [3.05, 3.63) is 75.2 Å². The second-order valence-electron chi connectivity index (χ2n) is 7.69. The lowest BCUT2D eigenvalue weighted by Crippen LogP contribution is -2.40. The maximum Gasteiger partial charge on any atom is 0.274 e. The molecule has 0 saturated carbocycles. The fraction of sp³-hybridized carbons (Fsp3) is 0.348. The average molecular weight is 425 g/mol. The van der Waals surface area contributed by atoms with E-state index in [2.05, 4.69) is 10.2 Å². The number of fused-ring (bicyclic) bond motifs is 1. The molecule has 1 aliphatic rings. The molecule has 0 spiro atoms. The van der Waals surface area contributed by atoms with Crippen LogP contribution in [0.2, 0.25) is 5.02 Å². The maximum atomic E-state index is 13.1. The van der Waals surface area contributed by atoms with Gasteiger partial charge in [0.15, 0.2) is 0 Å². The number of amides is 1. The molecule has 0 bridgehead atoms. The quantitative estimate of drug-likeness (QED) is 0.446. The molecule has 2 heterocycles. The lowest BCUT2D eigenvalue weighted by molar-refractivity contribution is -0.109. The van der Waals surface area contributed by atoms with Gasteiger partial charge in [-0.1, -0.05) is 41.9 Å². The fourth-order valence-corrected chi connectivity index (χ4v) is 4.34. The molecule has 1 N–H and O–H groups in total. The van der Waals surface area contributed by atoms with E-state index < -0.39 is 0 Å². The van der Waals surface area contributed by atoms with Crippen LogP contribution in [0.5, 0.6) is 0 Å². The smallest absolute Gasteiger partial charge is 0.274 e. The van der Waals surface area contributed by atoms with Crippen molar-refractivity contribution in [2.75, 3.05) is 19.6 Å². The van der Waals surface area contributed by atoms with Gasteiger partial charge in [0.2, 0.25) is 6.41 Å². The van der Waals surface area contributed by atoms with Crippen LogP contribution in [0.25, 0.3) is 10.8 Å². The molecule has 156 valence electrons. The number of carbonyl (C=O) groups excluding carboxylic acids is 1. The summed E-state index contributed by atoms with van der Waals surface area (Å²) in [7, 11) is 0. The van der Waals surface area contributed by atoms with Crippen LogP contribution in [-0.2, 0) is 17.8 Å². The number of rotatable bonds is 8. The van der Waals surface area contributed by atoms with E-state index in [1.54, 1.807) is 4.68 Å². The molecule has 4 rings (SSSR count). The highest BCUT2D eigenvalue weighted by molar-refractivity contribution is 6.30. The summed E-state index contributed by atoms with van der Waals surface area (Å²) in [6, 6.07) is 15.7. The van der Waals surface area contributed by atoms with E-state index in [1.807, 2.05) is 48.5 Å². The van der Waals surface area contributed by atoms with Crippen LogP contribution in [0.4, 0.5) is 0 Å². The molecule has 1 amide bonds. The van der Waals surface area contributed by atoms with Crippen molar-refractivity contribution in [1.29, 1.82) is 0 Å². The van der Waals surface area contributed by atoms with Crippen LogP contribution >= 0.6 is 11.6 Å². The summed E-state index contributed by atoms with van der Waals surface area (Å²) in [5, 5.41) is 9.80. The number of hydrogen-bond donors (Lipinski definition) is 1. The first-order valence-corrected chi connectivity index (χ1v) is 10.7. The summed E-state index contributed by atoms with van der Waals surface area (Å²) in [6.45, 7) is 2.93. The first kappa shape index (κ1) is 20.6. The average Bonchev–Trinajstić information content (AvgIpc) is 3.20. The summed E-state index contributed by atoms with van der Waals surface area (Å²) < 4.78 is 1.63. The Balaban J connectivity index is 1.64. The van der Waals surface area contributed by atoms with Gasteiger partial charge in [0, 0.05) is 36.0 Å². The summed E-state index contributed by atoms with van der Waals surface area (Å²) in [6.07, 6.45) is 3.47. The Morgan fingerprint density at radius 2 is 1.90 bits per heavy atom. The molecule has 1 aromatic heterocycles. The molecule has 1 fully saturated rings. The zero-order valence-corrected chi connectivity index (χ0v) is 17.5. The van der Waals surface area contributed by atoms with Gasteiger partial charge in [-0.05, 0) is 43.1 Å². The Hall–Kier alpha value is -2.70. The number of hydrogen-bond acceptors (Lipinski definition) is 4. The Morgan fingerprint density at radius 3 is 2.67 bits per heavy atom. The number of likely N-dealkylation sites (tertiary alicyclic amines) is 1. The first-order chi connectivity index (χ1) is 14.7. The zero-order valence-electron chi connectivity index (χ0n) is 16.8. The molecule has 6 nitrogen and oxygen atoms in total. The molecule has 1 atom stereocenters. The number of nitrogens with zero attached hydrogens (tertiary/aromatic N) is 3. The second kappa shape index (κ2) is 9.41. The van der Waals surface area contributed by atoms with Gasteiger partial charge in [0.1, 0.15) is 0 Å². The van der Waals surface area contributed by atoms with Gasteiger partial charge in [0.25, 0.3) is 5.56 Å². The number of halogens is 1. The van der Waals surface area contributed by atoms with Crippen LogP contribution < -0.4 is 10.9 Å². The topological polar surface area (TPSA) is 67.2 Å².